The summed E-state index contributed by atoms with van der Waals surface area (Å²) >= 11 is 2.69. The Morgan fingerprint density at radius 1 is 1.18 bits per heavy atom. The van der Waals surface area contributed by atoms with Crippen molar-refractivity contribution in [3.63, 3.8) is 0 Å². The van der Waals surface area contributed by atoms with Crippen molar-refractivity contribution in [2.24, 2.45) is 10.2 Å². The SMILES string of the molecule is C=CCn1c2ccccc2c2nnc(SCC(=O)NC3=NN=C(c4ccc(C)cc4)CS3)nc21. The predicted octanol–water partition coefficient (Wildman–Crippen LogP) is 4.19. The first-order chi connectivity index (χ1) is 16.6. The highest BCUT2D eigenvalue weighted by Crippen LogP contribution is 2.27. The van der Waals surface area contributed by atoms with Crippen LogP contribution < -0.4 is 5.32 Å². The Morgan fingerprint density at radius 3 is 2.76 bits per heavy atom. The first kappa shape index (κ1) is 22.3. The van der Waals surface area contributed by atoms with E-state index in [1.807, 2.05) is 66.1 Å². The van der Waals surface area contributed by atoms with Crippen LogP contribution >= 0.6 is 23.5 Å². The lowest BCUT2D eigenvalue weighted by Gasteiger charge is -2.12. The second-order valence-electron chi connectivity index (χ2n) is 7.63. The van der Waals surface area contributed by atoms with Crippen LogP contribution in [0.1, 0.15) is 11.1 Å². The molecule has 0 bridgehead atoms. The molecule has 0 aliphatic carbocycles. The summed E-state index contributed by atoms with van der Waals surface area (Å²) in [5.41, 5.74) is 5.61. The molecule has 1 aliphatic rings. The Labute approximate surface area is 204 Å². The first-order valence-corrected chi connectivity index (χ1v) is 12.6. The van der Waals surface area contributed by atoms with Gasteiger partial charge in [0, 0.05) is 17.7 Å². The Bertz CT molecular complexity index is 1460. The number of fused-ring (bicyclic) bond motifs is 3. The van der Waals surface area contributed by atoms with Gasteiger partial charge in [-0.3, -0.25) is 4.79 Å². The summed E-state index contributed by atoms with van der Waals surface area (Å²) in [7, 11) is 0. The number of nitrogens with one attached hydrogen (secondary N) is 1. The highest BCUT2D eigenvalue weighted by Gasteiger charge is 2.17. The smallest absolute Gasteiger partial charge is 0.236 e. The fraction of sp³-hybridized carbons (Fsp3) is 0.167. The number of amidine groups is 1. The minimum atomic E-state index is -0.194. The van der Waals surface area contributed by atoms with Crippen molar-refractivity contribution in [1.82, 2.24) is 25.1 Å². The van der Waals surface area contributed by atoms with E-state index in [9.17, 15) is 4.79 Å². The molecule has 1 aliphatic heterocycles. The molecule has 10 heteroatoms. The zero-order valence-corrected chi connectivity index (χ0v) is 20.1. The van der Waals surface area contributed by atoms with Crippen molar-refractivity contribution < 1.29 is 4.79 Å². The van der Waals surface area contributed by atoms with Gasteiger partial charge in [0.25, 0.3) is 0 Å². The molecule has 0 spiro atoms. The van der Waals surface area contributed by atoms with Gasteiger partial charge in [0.05, 0.1) is 17.0 Å². The largest absolute Gasteiger partial charge is 0.320 e. The van der Waals surface area contributed by atoms with E-state index in [-0.39, 0.29) is 11.7 Å². The van der Waals surface area contributed by atoms with Crippen LogP contribution in [0.3, 0.4) is 0 Å². The normalized spacial score (nSPS) is 13.6. The van der Waals surface area contributed by atoms with Crippen LogP contribution in [-0.2, 0) is 11.3 Å². The number of carbonyl (C=O) groups excluding carboxylic acids is 1. The van der Waals surface area contributed by atoms with Crippen LogP contribution in [0, 0.1) is 6.92 Å². The van der Waals surface area contributed by atoms with Gasteiger partial charge in [-0.05, 0) is 18.6 Å². The highest BCUT2D eigenvalue weighted by molar-refractivity contribution is 8.14. The van der Waals surface area contributed by atoms with E-state index >= 15 is 0 Å². The van der Waals surface area contributed by atoms with Crippen LogP contribution in [0.15, 0.2) is 76.5 Å². The molecule has 0 radical (unpaired) electrons. The maximum absolute atomic E-state index is 12.5. The molecule has 3 heterocycles. The van der Waals surface area contributed by atoms with Crippen molar-refractivity contribution in [1.29, 1.82) is 0 Å². The second kappa shape index (κ2) is 9.78. The van der Waals surface area contributed by atoms with E-state index in [1.165, 1.54) is 29.1 Å². The number of benzene rings is 2. The van der Waals surface area contributed by atoms with Gasteiger partial charge >= 0.3 is 0 Å². The molecule has 0 fully saturated rings. The standard InChI is InChI=1S/C24H21N7OS2/c1-3-12-31-19-7-5-4-6-17(19)21-22(31)26-24(30-28-21)34-14-20(32)25-23-29-27-18(13-33-23)16-10-8-15(2)9-11-16/h3-11H,1,12-14H2,2H3,(H,25,29,32). The van der Waals surface area contributed by atoms with Crippen molar-refractivity contribution >= 4 is 62.4 Å². The average molecular weight is 488 g/mol. The summed E-state index contributed by atoms with van der Waals surface area (Å²) in [4.78, 5) is 17.1. The number of amides is 1. The number of thioether (sulfide) groups is 2. The summed E-state index contributed by atoms with van der Waals surface area (Å²) < 4.78 is 2.05. The first-order valence-electron chi connectivity index (χ1n) is 10.6. The Kier molecular flexibility index (Phi) is 6.41. The minimum absolute atomic E-state index is 0.142. The third-order valence-corrected chi connectivity index (χ3v) is 6.95. The maximum atomic E-state index is 12.5. The number of para-hydroxylation sites is 1. The number of hydrogen-bond donors (Lipinski definition) is 1. The molecule has 8 nitrogen and oxygen atoms in total. The third kappa shape index (κ3) is 4.59. The van der Waals surface area contributed by atoms with Crippen LogP contribution in [0.25, 0.3) is 22.1 Å². The summed E-state index contributed by atoms with van der Waals surface area (Å²) in [5, 5.41) is 21.8. The third-order valence-electron chi connectivity index (χ3n) is 5.24. The highest BCUT2D eigenvalue weighted by atomic mass is 32.2. The van der Waals surface area contributed by atoms with Gasteiger partial charge in [-0.2, -0.15) is 5.10 Å². The molecule has 5 rings (SSSR count). The molecule has 0 saturated carbocycles. The van der Waals surface area contributed by atoms with Gasteiger partial charge in [0.15, 0.2) is 10.8 Å². The zero-order valence-electron chi connectivity index (χ0n) is 18.4. The molecule has 2 aromatic heterocycles. The Hall–Kier alpha value is -3.50. The Morgan fingerprint density at radius 2 is 2.00 bits per heavy atom. The number of carbonyl (C=O) groups is 1. The van der Waals surface area contributed by atoms with Gasteiger partial charge < -0.3 is 9.88 Å². The zero-order chi connectivity index (χ0) is 23.5. The van der Waals surface area contributed by atoms with Crippen molar-refractivity contribution in [2.45, 2.75) is 18.6 Å². The Balaban J connectivity index is 1.26. The second-order valence-corrected chi connectivity index (χ2v) is 9.53. The molecule has 34 heavy (non-hydrogen) atoms. The van der Waals surface area contributed by atoms with Crippen LogP contribution in [-0.4, -0.2) is 48.0 Å². The van der Waals surface area contributed by atoms with Crippen molar-refractivity contribution in [3.05, 3.63) is 72.3 Å². The molecule has 2 aromatic carbocycles. The van der Waals surface area contributed by atoms with Gasteiger partial charge in [0.1, 0.15) is 5.52 Å². The number of aromatic nitrogens is 4. The minimum Gasteiger partial charge on any atom is -0.320 e. The average Bonchev–Trinajstić information content (AvgIpc) is 3.17. The summed E-state index contributed by atoms with van der Waals surface area (Å²) in [6.45, 7) is 6.50. The number of hydrogen-bond acceptors (Lipinski definition) is 8. The van der Waals surface area contributed by atoms with Crippen LogP contribution in [0.2, 0.25) is 0 Å². The molecule has 1 amide bonds. The molecular formula is C24H21N7OS2. The summed E-state index contributed by atoms with van der Waals surface area (Å²) in [6.07, 6.45) is 1.82. The fourth-order valence-electron chi connectivity index (χ4n) is 3.60. The number of rotatable bonds is 6. The van der Waals surface area contributed by atoms with E-state index < -0.39 is 0 Å². The molecular weight excluding hydrogens is 466 g/mol. The van der Waals surface area contributed by atoms with Gasteiger partial charge in [-0.1, -0.05) is 77.6 Å². The van der Waals surface area contributed by atoms with E-state index in [0.717, 1.165) is 33.3 Å². The lowest BCUT2D eigenvalue weighted by Crippen LogP contribution is -2.31. The molecule has 0 atom stereocenters. The molecule has 0 saturated heterocycles. The molecule has 1 N–H and O–H groups in total. The van der Waals surface area contributed by atoms with E-state index in [0.29, 0.717) is 22.6 Å². The number of nitrogens with zero attached hydrogens (tertiary/aromatic N) is 6. The quantitative estimate of drug-likeness (QED) is 0.324. The topological polar surface area (TPSA) is 97.4 Å². The lowest BCUT2D eigenvalue weighted by atomic mass is 10.1. The lowest BCUT2D eigenvalue weighted by molar-refractivity contribution is -0.117. The summed E-state index contributed by atoms with van der Waals surface area (Å²) in [5.74, 6) is 0.594. The predicted molar refractivity (Wildman–Crippen MR) is 140 cm³/mol. The monoisotopic (exact) mass is 487 g/mol. The van der Waals surface area contributed by atoms with E-state index in [4.69, 9.17) is 0 Å². The van der Waals surface area contributed by atoms with Crippen molar-refractivity contribution in [2.75, 3.05) is 11.5 Å². The van der Waals surface area contributed by atoms with E-state index in [1.54, 1.807) is 0 Å². The molecule has 4 aromatic rings. The number of allylic oxidation sites excluding steroid dienone is 1. The van der Waals surface area contributed by atoms with Gasteiger partial charge in [-0.15, -0.1) is 21.9 Å². The van der Waals surface area contributed by atoms with E-state index in [2.05, 4.69) is 37.3 Å². The van der Waals surface area contributed by atoms with Crippen molar-refractivity contribution in [3.8, 4) is 0 Å². The number of aryl methyl sites for hydroxylation is 1. The van der Waals surface area contributed by atoms with Crippen LogP contribution in [0.5, 0.6) is 0 Å². The summed E-state index contributed by atoms with van der Waals surface area (Å²) in [6, 6.07) is 16.1. The van der Waals surface area contributed by atoms with Gasteiger partial charge in [0.2, 0.25) is 11.1 Å². The fourth-order valence-corrected chi connectivity index (χ4v) is 4.96. The van der Waals surface area contributed by atoms with Gasteiger partial charge in [-0.25, -0.2) is 4.98 Å². The maximum Gasteiger partial charge on any atom is 0.236 e. The van der Waals surface area contributed by atoms with Crippen LogP contribution in [0.4, 0.5) is 0 Å². The molecule has 0 unspecified atom stereocenters. The molecule has 170 valence electrons.